The maximum atomic E-state index is 6.10. The second-order valence-corrected chi connectivity index (χ2v) is 6.97. The summed E-state index contributed by atoms with van der Waals surface area (Å²) < 4.78 is 10.6. The lowest BCUT2D eigenvalue weighted by molar-refractivity contribution is 0.254. The topological polar surface area (TPSA) is 68.9 Å². The van der Waals surface area contributed by atoms with Gasteiger partial charge in [-0.1, -0.05) is 30.2 Å². The Bertz CT molecular complexity index is 786. The molecule has 3 rings (SSSR count). The second-order valence-electron chi connectivity index (χ2n) is 6.54. The Morgan fingerprint density at radius 2 is 1.81 bits per heavy atom. The number of nitrogens with two attached hydrogens (primary N) is 1. The van der Waals surface area contributed by atoms with Crippen LogP contribution in [0.3, 0.4) is 0 Å². The fourth-order valence-corrected chi connectivity index (χ4v) is 3.41. The molecule has 0 heterocycles. The minimum atomic E-state index is 0.0640. The van der Waals surface area contributed by atoms with Crippen molar-refractivity contribution >= 4 is 23.2 Å². The lowest BCUT2D eigenvalue weighted by Gasteiger charge is -2.41. The lowest BCUT2D eigenvalue weighted by atomic mass is 9.64. The van der Waals surface area contributed by atoms with Crippen molar-refractivity contribution in [2.24, 2.45) is 10.7 Å². The zero-order valence-corrected chi connectivity index (χ0v) is 15.8. The normalized spacial score (nSPS) is 15.9. The van der Waals surface area contributed by atoms with E-state index in [2.05, 4.69) is 22.4 Å². The van der Waals surface area contributed by atoms with Gasteiger partial charge in [0.15, 0.2) is 17.5 Å². The van der Waals surface area contributed by atoms with Crippen LogP contribution in [0.2, 0.25) is 5.02 Å². The van der Waals surface area contributed by atoms with Gasteiger partial charge in [-0.2, -0.15) is 0 Å². The molecule has 0 radical (unpaired) electrons. The Kier molecular flexibility index (Phi) is 5.57. The number of anilines is 1. The molecule has 0 aliphatic heterocycles. The average molecular weight is 374 g/mol. The summed E-state index contributed by atoms with van der Waals surface area (Å²) in [5, 5.41) is 3.87. The minimum Gasteiger partial charge on any atom is -0.493 e. The van der Waals surface area contributed by atoms with E-state index in [0.29, 0.717) is 24.0 Å². The predicted molar refractivity (Wildman–Crippen MR) is 107 cm³/mol. The maximum Gasteiger partial charge on any atom is 0.193 e. The van der Waals surface area contributed by atoms with E-state index in [1.54, 1.807) is 14.2 Å². The molecule has 138 valence electrons. The fourth-order valence-electron chi connectivity index (χ4n) is 3.28. The molecule has 26 heavy (non-hydrogen) atoms. The number of aliphatic imine (C=N–C) groups is 1. The number of guanidine groups is 1. The molecule has 6 heteroatoms. The zero-order valence-electron chi connectivity index (χ0n) is 15.1. The van der Waals surface area contributed by atoms with Crippen LogP contribution in [0.4, 0.5) is 5.69 Å². The van der Waals surface area contributed by atoms with Crippen molar-refractivity contribution in [1.29, 1.82) is 0 Å². The number of halogens is 1. The van der Waals surface area contributed by atoms with E-state index in [0.717, 1.165) is 23.6 Å². The molecular weight excluding hydrogens is 350 g/mol. The summed E-state index contributed by atoms with van der Waals surface area (Å²) in [7, 11) is 3.21. The molecule has 0 unspecified atom stereocenters. The first-order valence-corrected chi connectivity index (χ1v) is 8.99. The van der Waals surface area contributed by atoms with Crippen molar-refractivity contribution in [1.82, 2.24) is 0 Å². The van der Waals surface area contributed by atoms with Gasteiger partial charge in [0.1, 0.15) is 0 Å². The molecule has 0 atom stereocenters. The maximum absolute atomic E-state index is 6.10. The van der Waals surface area contributed by atoms with E-state index in [-0.39, 0.29) is 5.41 Å². The van der Waals surface area contributed by atoms with Crippen molar-refractivity contribution in [3.63, 3.8) is 0 Å². The monoisotopic (exact) mass is 373 g/mol. The third-order valence-corrected chi connectivity index (χ3v) is 5.23. The van der Waals surface area contributed by atoms with E-state index in [9.17, 15) is 0 Å². The van der Waals surface area contributed by atoms with Crippen molar-refractivity contribution in [2.45, 2.75) is 24.7 Å². The highest BCUT2D eigenvalue weighted by atomic mass is 35.5. The average Bonchev–Trinajstić information content (AvgIpc) is 2.62. The Balaban J connectivity index is 1.70. The van der Waals surface area contributed by atoms with Gasteiger partial charge in [0, 0.05) is 22.2 Å². The number of ether oxygens (including phenoxy) is 2. The van der Waals surface area contributed by atoms with Crippen LogP contribution in [0.25, 0.3) is 0 Å². The molecule has 2 aromatic rings. The highest BCUT2D eigenvalue weighted by molar-refractivity contribution is 6.30. The molecule has 3 N–H and O–H groups in total. The van der Waals surface area contributed by atoms with Gasteiger partial charge < -0.3 is 20.5 Å². The van der Waals surface area contributed by atoms with Gasteiger partial charge in [-0.05, 0) is 42.7 Å². The molecule has 0 amide bonds. The van der Waals surface area contributed by atoms with Crippen molar-refractivity contribution < 1.29 is 9.47 Å². The quantitative estimate of drug-likeness (QED) is 0.588. The van der Waals surface area contributed by atoms with Crippen molar-refractivity contribution in [3.8, 4) is 11.5 Å². The van der Waals surface area contributed by atoms with E-state index >= 15 is 0 Å². The summed E-state index contributed by atoms with van der Waals surface area (Å²) in [6, 6.07) is 13.6. The first-order valence-electron chi connectivity index (χ1n) is 8.61. The number of methoxy groups -OCH3 is 2. The van der Waals surface area contributed by atoms with Crippen LogP contribution in [0.15, 0.2) is 47.5 Å². The van der Waals surface area contributed by atoms with E-state index in [1.165, 1.54) is 12.0 Å². The lowest BCUT2D eigenvalue weighted by Crippen LogP contribution is -2.38. The van der Waals surface area contributed by atoms with Crippen LogP contribution >= 0.6 is 11.6 Å². The molecule has 5 nitrogen and oxygen atoms in total. The van der Waals surface area contributed by atoms with Gasteiger partial charge in [0.05, 0.1) is 20.8 Å². The van der Waals surface area contributed by atoms with Crippen molar-refractivity contribution in [3.05, 3.63) is 53.1 Å². The van der Waals surface area contributed by atoms with Gasteiger partial charge in [-0.15, -0.1) is 0 Å². The predicted octanol–water partition coefficient (Wildman–Crippen LogP) is 4.21. The van der Waals surface area contributed by atoms with Crippen LogP contribution in [-0.2, 0) is 5.41 Å². The number of hydrogen-bond donors (Lipinski definition) is 2. The standard InChI is InChI=1S/C20H24ClN3O2/c1-25-17-9-8-16(12-18(17)26-2)24-19(22)23-13-20(10-3-11-20)14-4-6-15(21)7-5-14/h4-9,12H,3,10-11,13H2,1-2H3,(H3,22,23,24). The molecule has 0 saturated heterocycles. The van der Waals surface area contributed by atoms with Crippen LogP contribution in [0.5, 0.6) is 11.5 Å². The van der Waals surface area contributed by atoms with Gasteiger partial charge in [0.25, 0.3) is 0 Å². The summed E-state index contributed by atoms with van der Waals surface area (Å²) in [5.74, 6) is 1.70. The Morgan fingerprint density at radius 1 is 1.12 bits per heavy atom. The summed E-state index contributed by atoms with van der Waals surface area (Å²) in [6.45, 7) is 0.654. The largest absolute Gasteiger partial charge is 0.493 e. The molecule has 1 saturated carbocycles. The Labute approximate surface area is 159 Å². The Hall–Kier alpha value is -2.40. The number of nitrogens with one attached hydrogen (secondary N) is 1. The first kappa shape index (κ1) is 18.4. The van der Waals surface area contributed by atoms with Gasteiger partial charge in [0.2, 0.25) is 0 Å². The van der Waals surface area contributed by atoms with Crippen LogP contribution < -0.4 is 20.5 Å². The first-order chi connectivity index (χ1) is 12.6. The molecule has 0 bridgehead atoms. The molecular formula is C20H24ClN3O2. The molecule has 0 aromatic heterocycles. The van der Waals surface area contributed by atoms with Crippen LogP contribution in [0.1, 0.15) is 24.8 Å². The van der Waals surface area contributed by atoms with Gasteiger partial charge in [-0.3, -0.25) is 4.99 Å². The van der Waals surface area contributed by atoms with E-state index in [4.69, 9.17) is 26.8 Å². The third-order valence-electron chi connectivity index (χ3n) is 4.98. The van der Waals surface area contributed by atoms with E-state index in [1.807, 2.05) is 30.3 Å². The second kappa shape index (κ2) is 7.87. The summed E-state index contributed by atoms with van der Waals surface area (Å²) in [5.41, 5.74) is 8.24. The van der Waals surface area contributed by atoms with Crippen molar-refractivity contribution in [2.75, 3.05) is 26.1 Å². The summed E-state index contributed by atoms with van der Waals surface area (Å²) in [4.78, 5) is 4.59. The number of rotatable bonds is 6. The third kappa shape index (κ3) is 3.88. The number of nitrogens with zero attached hydrogens (tertiary/aromatic N) is 1. The zero-order chi connectivity index (χ0) is 18.6. The molecule has 2 aromatic carbocycles. The van der Waals surface area contributed by atoms with E-state index < -0.39 is 0 Å². The summed E-state index contributed by atoms with van der Waals surface area (Å²) in [6.07, 6.45) is 3.44. The summed E-state index contributed by atoms with van der Waals surface area (Å²) >= 11 is 6.01. The number of hydrogen-bond acceptors (Lipinski definition) is 3. The highest BCUT2D eigenvalue weighted by Crippen LogP contribution is 2.44. The van der Waals surface area contributed by atoms with Crippen LogP contribution in [0, 0.1) is 0 Å². The smallest absolute Gasteiger partial charge is 0.193 e. The fraction of sp³-hybridized carbons (Fsp3) is 0.350. The molecule has 0 spiro atoms. The molecule has 1 fully saturated rings. The number of benzene rings is 2. The van der Waals surface area contributed by atoms with Gasteiger partial charge in [-0.25, -0.2) is 0 Å². The molecule has 1 aliphatic rings. The van der Waals surface area contributed by atoms with Gasteiger partial charge >= 0.3 is 0 Å². The van der Waals surface area contributed by atoms with Crippen LogP contribution in [-0.4, -0.2) is 26.7 Å². The molecule has 1 aliphatic carbocycles. The Morgan fingerprint density at radius 3 is 2.38 bits per heavy atom. The highest BCUT2D eigenvalue weighted by Gasteiger charge is 2.38. The SMILES string of the molecule is COc1ccc(NC(N)=NCC2(c3ccc(Cl)cc3)CCC2)cc1OC. The minimum absolute atomic E-state index is 0.0640.